The molecule has 1 fully saturated rings. The van der Waals surface area contributed by atoms with Crippen molar-refractivity contribution in [1.29, 1.82) is 0 Å². The molecule has 1 amide bonds. The maximum atomic E-state index is 13.1. The topological polar surface area (TPSA) is 102 Å². The van der Waals surface area contributed by atoms with Crippen LogP contribution in [0, 0.1) is 0 Å². The van der Waals surface area contributed by atoms with Crippen LogP contribution in [-0.2, 0) is 0 Å². The summed E-state index contributed by atoms with van der Waals surface area (Å²) in [4.78, 5) is 25.4. The van der Waals surface area contributed by atoms with Crippen molar-refractivity contribution in [2.45, 2.75) is 18.9 Å². The molecule has 0 aliphatic carbocycles. The summed E-state index contributed by atoms with van der Waals surface area (Å²) in [6, 6.07) is 7.26. The van der Waals surface area contributed by atoms with Gasteiger partial charge in [-0.15, -0.1) is 5.10 Å². The van der Waals surface area contributed by atoms with E-state index in [2.05, 4.69) is 25.5 Å². The molecule has 3 heterocycles. The summed E-state index contributed by atoms with van der Waals surface area (Å²) in [7, 11) is 3.79. The summed E-state index contributed by atoms with van der Waals surface area (Å²) in [6.45, 7) is 1.19. The first-order chi connectivity index (χ1) is 14.1. The van der Waals surface area contributed by atoms with E-state index in [0.29, 0.717) is 30.4 Å². The minimum atomic E-state index is -0.134. The number of piperidine rings is 1. The van der Waals surface area contributed by atoms with Gasteiger partial charge in [-0.3, -0.25) is 4.79 Å². The van der Waals surface area contributed by atoms with Crippen LogP contribution in [0.4, 0.5) is 5.82 Å². The van der Waals surface area contributed by atoms with Crippen LogP contribution in [0.5, 0.6) is 5.88 Å². The molecular formula is C19H22N8O2. The lowest BCUT2D eigenvalue weighted by molar-refractivity contribution is 0.0528. The van der Waals surface area contributed by atoms with Gasteiger partial charge in [0.05, 0.1) is 12.2 Å². The van der Waals surface area contributed by atoms with Crippen LogP contribution >= 0.6 is 0 Å². The Morgan fingerprint density at radius 2 is 2.10 bits per heavy atom. The largest absolute Gasteiger partial charge is 0.470 e. The zero-order valence-corrected chi connectivity index (χ0v) is 16.3. The molecule has 2 aromatic heterocycles. The lowest BCUT2D eigenvalue weighted by Crippen LogP contribution is -2.44. The second-order valence-electron chi connectivity index (χ2n) is 7.02. The van der Waals surface area contributed by atoms with Gasteiger partial charge in [-0.2, -0.15) is 0 Å². The van der Waals surface area contributed by atoms with Gasteiger partial charge in [-0.1, -0.05) is 6.07 Å². The average Bonchev–Trinajstić information content (AvgIpc) is 3.29. The molecule has 150 valence electrons. The van der Waals surface area contributed by atoms with Crippen molar-refractivity contribution in [3.05, 3.63) is 48.5 Å². The van der Waals surface area contributed by atoms with Gasteiger partial charge >= 0.3 is 0 Å². The summed E-state index contributed by atoms with van der Waals surface area (Å²) in [5.74, 6) is 1.11. The van der Waals surface area contributed by atoms with Crippen molar-refractivity contribution in [3.63, 3.8) is 0 Å². The number of aromatic nitrogens is 6. The second-order valence-corrected chi connectivity index (χ2v) is 7.02. The maximum absolute atomic E-state index is 13.1. The summed E-state index contributed by atoms with van der Waals surface area (Å²) in [5.41, 5.74) is 1.33. The number of amides is 1. The molecule has 1 unspecified atom stereocenters. The van der Waals surface area contributed by atoms with E-state index in [4.69, 9.17) is 4.74 Å². The molecule has 1 atom stereocenters. The van der Waals surface area contributed by atoms with E-state index >= 15 is 0 Å². The number of carbonyl (C=O) groups excluding carboxylic acids is 1. The predicted molar refractivity (Wildman–Crippen MR) is 105 cm³/mol. The number of benzene rings is 1. The molecular weight excluding hydrogens is 372 g/mol. The van der Waals surface area contributed by atoms with Gasteiger partial charge in [-0.25, -0.2) is 14.6 Å². The SMILES string of the molecule is CN(C)c1nccnc1OC1CCCN(C(=O)c2cccc(-n3cnnn3)c2)C1. The number of nitrogens with zero attached hydrogens (tertiary/aromatic N) is 8. The van der Waals surface area contributed by atoms with Crippen LogP contribution in [0.2, 0.25) is 0 Å². The van der Waals surface area contributed by atoms with Crippen molar-refractivity contribution in [3.8, 4) is 11.6 Å². The van der Waals surface area contributed by atoms with E-state index in [-0.39, 0.29) is 12.0 Å². The van der Waals surface area contributed by atoms with Gasteiger partial charge in [0.1, 0.15) is 12.4 Å². The quantitative estimate of drug-likeness (QED) is 0.636. The molecule has 1 aliphatic rings. The monoisotopic (exact) mass is 394 g/mol. The molecule has 1 aliphatic heterocycles. The molecule has 1 saturated heterocycles. The van der Waals surface area contributed by atoms with Crippen LogP contribution in [0.15, 0.2) is 43.0 Å². The predicted octanol–water partition coefficient (Wildman–Crippen LogP) is 1.20. The zero-order valence-electron chi connectivity index (χ0n) is 16.3. The van der Waals surface area contributed by atoms with Gasteiger partial charge in [0, 0.05) is 38.6 Å². The average molecular weight is 394 g/mol. The summed E-state index contributed by atoms with van der Waals surface area (Å²) < 4.78 is 7.63. The fourth-order valence-electron chi connectivity index (χ4n) is 3.33. The third kappa shape index (κ3) is 4.15. The Labute approximate surface area is 168 Å². The van der Waals surface area contributed by atoms with Crippen LogP contribution in [0.25, 0.3) is 5.69 Å². The molecule has 0 radical (unpaired) electrons. The Morgan fingerprint density at radius 1 is 1.24 bits per heavy atom. The van der Waals surface area contributed by atoms with Crippen LogP contribution < -0.4 is 9.64 Å². The first-order valence-electron chi connectivity index (χ1n) is 9.39. The number of anilines is 1. The van der Waals surface area contributed by atoms with Crippen LogP contribution in [0.1, 0.15) is 23.2 Å². The smallest absolute Gasteiger partial charge is 0.257 e. The minimum Gasteiger partial charge on any atom is -0.470 e. The van der Waals surface area contributed by atoms with Crippen molar-refractivity contribution >= 4 is 11.7 Å². The van der Waals surface area contributed by atoms with E-state index in [1.807, 2.05) is 36.0 Å². The molecule has 0 spiro atoms. The fraction of sp³-hybridized carbons (Fsp3) is 0.368. The first kappa shape index (κ1) is 18.8. The number of rotatable bonds is 5. The van der Waals surface area contributed by atoms with Gasteiger partial charge < -0.3 is 14.5 Å². The molecule has 3 aromatic rings. The molecule has 29 heavy (non-hydrogen) atoms. The van der Waals surface area contributed by atoms with Crippen LogP contribution in [0.3, 0.4) is 0 Å². The summed E-state index contributed by atoms with van der Waals surface area (Å²) in [6.07, 6.45) is 6.33. The Morgan fingerprint density at radius 3 is 2.90 bits per heavy atom. The molecule has 4 rings (SSSR count). The van der Waals surface area contributed by atoms with Gasteiger partial charge in [0.15, 0.2) is 5.82 Å². The highest BCUT2D eigenvalue weighted by molar-refractivity contribution is 5.94. The lowest BCUT2D eigenvalue weighted by Gasteiger charge is -2.33. The Hall–Kier alpha value is -3.56. The molecule has 0 N–H and O–H groups in total. The number of tetrazole rings is 1. The zero-order chi connectivity index (χ0) is 20.2. The molecule has 10 heteroatoms. The Bertz CT molecular complexity index is 976. The second kappa shape index (κ2) is 8.21. The van der Waals surface area contributed by atoms with Crippen LogP contribution in [-0.4, -0.2) is 74.3 Å². The summed E-state index contributed by atoms with van der Waals surface area (Å²) in [5, 5.41) is 11.2. The van der Waals surface area contributed by atoms with Gasteiger partial charge in [-0.05, 0) is 41.5 Å². The fourth-order valence-corrected chi connectivity index (χ4v) is 3.33. The van der Waals surface area contributed by atoms with Crippen molar-refractivity contribution in [1.82, 2.24) is 35.1 Å². The van der Waals surface area contributed by atoms with Crippen molar-refractivity contribution < 1.29 is 9.53 Å². The van der Waals surface area contributed by atoms with E-state index in [1.165, 1.54) is 11.0 Å². The minimum absolute atomic E-state index is 0.0415. The standard InChI is InChI=1S/C19H22N8O2/c1-25(2)17-18(21-9-8-20-17)29-16-7-4-10-26(12-16)19(28)14-5-3-6-15(11-14)27-13-22-23-24-27/h3,5-6,8-9,11,13,16H,4,7,10,12H2,1-2H3. The first-order valence-corrected chi connectivity index (χ1v) is 9.39. The Kier molecular flexibility index (Phi) is 5.32. The van der Waals surface area contributed by atoms with E-state index in [1.54, 1.807) is 24.5 Å². The molecule has 0 saturated carbocycles. The van der Waals surface area contributed by atoms with E-state index in [0.717, 1.165) is 18.5 Å². The highest BCUT2D eigenvalue weighted by atomic mass is 16.5. The number of hydrogen-bond acceptors (Lipinski definition) is 8. The normalized spacial score (nSPS) is 16.5. The molecule has 1 aromatic carbocycles. The maximum Gasteiger partial charge on any atom is 0.257 e. The Balaban J connectivity index is 1.48. The molecule has 0 bridgehead atoms. The highest BCUT2D eigenvalue weighted by Crippen LogP contribution is 2.25. The van der Waals surface area contributed by atoms with Gasteiger partial charge in [0.25, 0.3) is 11.8 Å². The summed E-state index contributed by atoms with van der Waals surface area (Å²) >= 11 is 0. The number of hydrogen-bond donors (Lipinski definition) is 0. The van der Waals surface area contributed by atoms with Crippen molar-refractivity contribution in [2.24, 2.45) is 0 Å². The lowest BCUT2D eigenvalue weighted by atomic mass is 10.1. The number of carbonyl (C=O) groups is 1. The number of likely N-dealkylation sites (tertiary alicyclic amines) is 1. The van der Waals surface area contributed by atoms with E-state index in [9.17, 15) is 4.79 Å². The van der Waals surface area contributed by atoms with Gasteiger partial charge in [0.2, 0.25) is 0 Å². The van der Waals surface area contributed by atoms with E-state index < -0.39 is 0 Å². The number of ether oxygens (including phenoxy) is 1. The third-order valence-corrected chi connectivity index (χ3v) is 4.72. The van der Waals surface area contributed by atoms with Crippen molar-refractivity contribution in [2.75, 3.05) is 32.1 Å². The third-order valence-electron chi connectivity index (χ3n) is 4.72. The highest BCUT2D eigenvalue weighted by Gasteiger charge is 2.27. The molecule has 10 nitrogen and oxygen atoms in total.